The van der Waals surface area contributed by atoms with E-state index in [1.165, 1.54) is 0 Å². The molecule has 0 bridgehead atoms. The van der Waals surface area contributed by atoms with E-state index in [-0.39, 0.29) is 11.8 Å². The van der Waals surface area contributed by atoms with Crippen molar-refractivity contribution >= 4 is 34.3 Å². The fourth-order valence-electron chi connectivity index (χ4n) is 4.40. The van der Waals surface area contributed by atoms with Gasteiger partial charge in [0.1, 0.15) is 5.52 Å². The minimum Gasteiger partial charge on any atom is -0.436 e. The van der Waals surface area contributed by atoms with Gasteiger partial charge in [-0.2, -0.15) is 0 Å². The highest BCUT2D eigenvalue weighted by Crippen LogP contribution is 2.45. The number of oxazole rings is 1. The monoisotopic (exact) mass is 436 g/mol. The van der Waals surface area contributed by atoms with E-state index >= 15 is 0 Å². The Bertz CT molecular complexity index is 1460. The molecule has 5 aromatic rings. The first-order chi connectivity index (χ1) is 15.7. The van der Waals surface area contributed by atoms with Gasteiger partial charge in [-0.3, -0.25) is 4.79 Å². The lowest BCUT2D eigenvalue weighted by atomic mass is 9.96. The molecule has 0 aliphatic heterocycles. The molecule has 1 amide bonds. The van der Waals surface area contributed by atoms with Crippen LogP contribution in [0.2, 0.25) is 5.02 Å². The summed E-state index contributed by atoms with van der Waals surface area (Å²) in [6, 6.07) is 29.0. The molecule has 1 aliphatic carbocycles. The van der Waals surface area contributed by atoms with Crippen molar-refractivity contribution in [3.05, 3.63) is 107 Å². The molecule has 32 heavy (non-hydrogen) atoms. The zero-order valence-corrected chi connectivity index (χ0v) is 17.6. The Morgan fingerprint density at radius 2 is 1.56 bits per heavy atom. The maximum atomic E-state index is 13.4. The molecule has 6 rings (SSSR count). The molecule has 0 fully saturated rings. The highest BCUT2D eigenvalue weighted by atomic mass is 35.5. The average Bonchev–Trinajstić information content (AvgIpc) is 3.38. The first kappa shape index (κ1) is 18.8. The van der Waals surface area contributed by atoms with Gasteiger partial charge in [-0.05, 0) is 58.7 Å². The number of halogens is 1. The number of rotatable bonds is 3. The molecule has 0 radical (unpaired) electrons. The van der Waals surface area contributed by atoms with E-state index in [0.29, 0.717) is 27.7 Å². The summed E-state index contributed by atoms with van der Waals surface area (Å²) in [7, 11) is 0. The van der Waals surface area contributed by atoms with Crippen LogP contribution in [0.25, 0.3) is 33.7 Å². The number of nitrogens with zero attached hydrogens (tertiary/aromatic N) is 1. The molecule has 0 unspecified atom stereocenters. The molecule has 154 valence electrons. The van der Waals surface area contributed by atoms with E-state index in [9.17, 15) is 4.79 Å². The lowest BCUT2D eigenvalue weighted by Gasteiger charge is -2.14. The maximum Gasteiger partial charge on any atom is 0.236 e. The smallest absolute Gasteiger partial charge is 0.236 e. The van der Waals surface area contributed by atoms with E-state index in [1.807, 2.05) is 72.8 Å². The summed E-state index contributed by atoms with van der Waals surface area (Å²) in [4.78, 5) is 18.0. The van der Waals surface area contributed by atoms with Crippen molar-refractivity contribution in [2.45, 2.75) is 5.92 Å². The number of benzene rings is 4. The summed E-state index contributed by atoms with van der Waals surface area (Å²) >= 11 is 6.09. The molecule has 1 aromatic heterocycles. The van der Waals surface area contributed by atoms with Crippen LogP contribution < -0.4 is 5.32 Å². The van der Waals surface area contributed by atoms with Gasteiger partial charge in [-0.1, -0.05) is 66.2 Å². The molecular weight excluding hydrogens is 420 g/mol. The number of hydrogen-bond acceptors (Lipinski definition) is 3. The largest absolute Gasteiger partial charge is 0.436 e. The fraction of sp³-hybridized carbons (Fsp3) is 0.0370. The lowest BCUT2D eigenvalue weighted by Crippen LogP contribution is -2.20. The van der Waals surface area contributed by atoms with Crippen LogP contribution in [0.3, 0.4) is 0 Å². The molecule has 4 nitrogen and oxygen atoms in total. The summed E-state index contributed by atoms with van der Waals surface area (Å²) in [6.07, 6.45) is 0. The Balaban J connectivity index is 1.33. The van der Waals surface area contributed by atoms with E-state index in [4.69, 9.17) is 16.0 Å². The Morgan fingerprint density at radius 1 is 0.844 bits per heavy atom. The SMILES string of the molecule is O=C(Nc1ccc2oc(-c3cccc(Cl)c3)nc2c1)C1c2ccccc2-c2ccccc21. The zero-order valence-electron chi connectivity index (χ0n) is 16.9. The Morgan fingerprint density at radius 3 is 2.28 bits per heavy atom. The number of carbonyl (C=O) groups excluding carboxylic acids is 1. The van der Waals surface area contributed by atoms with Gasteiger partial charge in [0.25, 0.3) is 0 Å². The quantitative estimate of drug-likeness (QED) is 0.334. The molecule has 0 saturated heterocycles. The van der Waals surface area contributed by atoms with Gasteiger partial charge >= 0.3 is 0 Å². The molecule has 1 N–H and O–H groups in total. The van der Waals surface area contributed by atoms with Crippen LogP contribution in [-0.2, 0) is 4.79 Å². The van der Waals surface area contributed by atoms with Crippen molar-refractivity contribution in [3.63, 3.8) is 0 Å². The van der Waals surface area contributed by atoms with Gasteiger partial charge in [0.05, 0.1) is 5.92 Å². The summed E-state index contributed by atoms with van der Waals surface area (Å²) < 4.78 is 5.88. The minimum absolute atomic E-state index is 0.0692. The average molecular weight is 437 g/mol. The van der Waals surface area contributed by atoms with Crippen LogP contribution in [0.15, 0.2) is 95.4 Å². The second-order valence-corrected chi connectivity index (χ2v) is 8.25. The van der Waals surface area contributed by atoms with Crippen molar-refractivity contribution in [1.82, 2.24) is 4.98 Å². The predicted octanol–water partition coefficient (Wildman–Crippen LogP) is 6.90. The Labute approximate surface area is 189 Å². The fourth-order valence-corrected chi connectivity index (χ4v) is 4.59. The predicted molar refractivity (Wildman–Crippen MR) is 127 cm³/mol. The first-order valence-corrected chi connectivity index (χ1v) is 10.7. The number of hydrogen-bond donors (Lipinski definition) is 1. The van der Waals surface area contributed by atoms with Gasteiger partial charge in [0.2, 0.25) is 11.8 Å². The van der Waals surface area contributed by atoms with Crippen LogP contribution >= 0.6 is 11.6 Å². The van der Waals surface area contributed by atoms with Crippen molar-refractivity contribution in [1.29, 1.82) is 0 Å². The molecule has 1 heterocycles. The molecule has 0 atom stereocenters. The molecule has 1 aliphatic rings. The van der Waals surface area contributed by atoms with Crippen molar-refractivity contribution in [3.8, 4) is 22.6 Å². The van der Waals surface area contributed by atoms with E-state index in [0.717, 1.165) is 27.8 Å². The maximum absolute atomic E-state index is 13.4. The van der Waals surface area contributed by atoms with Gasteiger partial charge < -0.3 is 9.73 Å². The van der Waals surface area contributed by atoms with Gasteiger partial charge in [-0.15, -0.1) is 0 Å². The van der Waals surface area contributed by atoms with Crippen LogP contribution in [0.5, 0.6) is 0 Å². The zero-order chi connectivity index (χ0) is 21.7. The third kappa shape index (κ3) is 3.08. The standard InChI is InChI=1S/C27H17ClN2O2/c28-17-7-5-6-16(14-17)27-30-23-15-18(12-13-24(23)32-27)29-26(31)25-21-10-3-1-8-19(21)20-9-2-4-11-22(20)25/h1-15,25H,(H,29,31). The second kappa shape index (κ2) is 7.36. The van der Waals surface area contributed by atoms with Gasteiger partial charge in [0.15, 0.2) is 5.58 Å². The summed E-state index contributed by atoms with van der Waals surface area (Å²) in [5.74, 6) is 0.0716. The van der Waals surface area contributed by atoms with Crippen LogP contribution in [0, 0.1) is 0 Å². The van der Waals surface area contributed by atoms with Crippen LogP contribution in [0.1, 0.15) is 17.0 Å². The lowest BCUT2D eigenvalue weighted by molar-refractivity contribution is -0.116. The normalized spacial score (nSPS) is 12.5. The topological polar surface area (TPSA) is 55.1 Å². The summed E-state index contributed by atoms with van der Waals surface area (Å²) in [5, 5.41) is 3.69. The van der Waals surface area contributed by atoms with Crippen molar-refractivity contribution in [2.24, 2.45) is 0 Å². The van der Waals surface area contributed by atoms with Crippen LogP contribution in [0.4, 0.5) is 5.69 Å². The minimum atomic E-state index is -0.350. The molecule has 0 saturated carbocycles. The third-order valence-electron chi connectivity index (χ3n) is 5.82. The molecule has 5 heteroatoms. The third-order valence-corrected chi connectivity index (χ3v) is 6.06. The highest BCUT2D eigenvalue weighted by Gasteiger charge is 2.33. The van der Waals surface area contributed by atoms with E-state index in [2.05, 4.69) is 22.4 Å². The number of nitrogens with one attached hydrogen (secondary N) is 1. The van der Waals surface area contributed by atoms with E-state index < -0.39 is 0 Å². The van der Waals surface area contributed by atoms with Gasteiger partial charge in [0, 0.05) is 16.3 Å². The highest BCUT2D eigenvalue weighted by molar-refractivity contribution is 6.30. The molecule has 0 spiro atoms. The van der Waals surface area contributed by atoms with Crippen LogP contribution in [-0.4, -0.2) is 10.9 Å². The number of carbonyl (C=O) groups is 1. The number of amides is 1. The summed E-state index contributed by atoms with van der Waals surface area (Å²) in [5.41, 5.74) is 7.07. The van der Waals surface area contributed by atoms with Gasteiger partial charge in [-0.25, -0.2) is 4.98 Å². The number of anilines is 1. The Hall–Kier alpha value is -3.89. The summed E-state index contributed by atoms with van der Waals surface area (Å²) in [6.45, 7) is 0. The van der Waals surface area contributed by atoms with E-state index in [1.54, 1.807) is 6.07 Å². The number of fused-ring (bicyclic) bond motifs is 4. The van der Waals surface area contributed by atoms with Crippen molar-refractivity contribution < 1.29 is 9.21 Å². The second-order valence-electron chi connectivity index (χ2n) is 7.81. The number of aromatic nitrogens is 1. The van der Waals surface area contributed by atoms with Crippen molar-refractivity contribution in [2.75, 3.05) is 5.32 Å². The Kier molecular flexibility index (Phi) is 4.33. The molecular formula is C27H17ClN2O2. The first-order valence-electron chi connectivity index (χ1n) is 10.3. The molecule has 4 aromatic carbocycles.